The molecule has 1 aliphatic heterocycles. The third-order valence-electron chi connectivity index (χ3n) is 7.78. The molecular formula is C32H55NO3Si2. The van der Waals surface area contributed by atoms with Crippen LogP contribution in [0.1, 0.15) is 79.7 Å². The fourth-order valence-electron chi connectivity index (χ4n) is 6.26. The summed E-state index contributed by atoms with van der Waals surface area (Å²) in [6, 6.07) is 11.6. The molecule has 1 aromatic carbocycles. The summed E-state index contributed by atoms with van der Waals surface area (Å²) in [6.07, 6.45) is 9.35. The minimum atomic E-state index is -2.25. The standard InChI is InChI=1S/C32H55NO3Si2/c1-25(2)38(26(3)4,27(5)6)36-31(21-17-12-11-14-18-28(7)24-37(8,9)10)33-30(23-35-32(33)34)22-29-19-15-13-16-20-29/h13,15-16,18-21,25-27,30H,11-12,14,17,22-24H2,1-10H3/b28-18+,31-21-/t30-/m0/s1. The average Bonchev–Trinajstić information content (AvgIpc) is 3.16. The van der Waals surface area contributed by atoms with Gasteiger partial charge < -0.3 is 9.16 Å². The molecule has 0 N–H and O–H groups in total. The summed E-state index contributed by atoms with van der Waals surface area (Å²) in [6.45, 7) is 23.7. The molecule has 4 nitrogen and oxygen atoms in total. The third-order valence-corrected chi connectivity index (χ3v) is 15.4. The molecule has 0 unspecified atom stereocenters. The van der Waals surface area contributed by atoms with Crippen LogP contribution < -0.4 is 0 Å². The van der Waals surface area contributed by atoms with Crippen molar-refractivity contribution in [3.05, 3.63) is 59.5 Å². The Morgan fingerprint density at radius 2 is 1.53 bits per heavy atom. The molecule has 1 aromatic rings. The molecule has 1 heterocycles. The number of allylic oxidation sites excluding steroid dienone is 3. The van der Waals surface area contributed by atoms with E-state index in [1.165, 1.54) is 17.2 Å². The minimum Gasteiger partial charge on any atom is -0.531 e. The Morgan fingerprint density at radius 1 is 0.974 bits per heavy atom. The van der Waals surface area contributed by atoms with Gasteiger partial charge in [0.15, 0.2) is 5.88 Å². The Balaban J connectivity index is 2.27. The summed E-state index contributed by atoms with van der Waals surface area (Å²) < 4.78 is 12.8. The molecule has 1 amide bonds. The Hall–Kier alpha value is -1.80. The Morgan fingerprint density at radius 3 is 2.05 bits per heavy atom. The first-order chi connectivity index (χ1) is 17.8. The van der Waals surface area contributed by atoms with Crippen LogP contribution in [0.4, 0.5) is 4.79 Å². The van der Waals surface area contributed by atoms with E-state index in [9.17, 15) is 4.79 Å². The highest BCUT2D eigenvalue weighted by atomic mass is 28.4. The molecule has 38 heavy (non-hydrogen) atoms. The van der Waals surface area contributed by atoms with Crippen LogP contribution in [0, 0.1) is 0 Å². The Bertz CT molecular complexity index is 910. The van der Waals surface area contributed by atoms with E-state index in [-0.39, 0.29) is 12.1 Å². The molecule has 1 atom stereocenters. The van der Waals surface area contributed by atoms with Crippen molar-refractivity contribution in [1.82, 2.24) is 4.90 Å². The van der Waals surface area contributed by atoms with Crippen molar-refractivity contribution in [3.63, 3.8) is 0 Å². The van der Waals surface area contributed by atoms with Gasteiger partial charge in [0.05, 0.1) is 6.04 Å². The van der Waals surface area contributed by atoms with Crippen molar-refractivity contribution in [3.8, 4) is 0 Å². The van der Waals surface area contributed by atoms with Crippen LogP contribution in [0.25, 0.3) is 0 Å². The number of benzene rings is 1. The maximum absolute atomic E-state index is 13.1. The molecule has 6 heteroatoms. The molecule has 0 aromatic heterocycles. The lowest BCUT2D eigenvalue weighted by Crippen LogP contribution is -2.50. The normalized spacial score (nSPS) is 17.7. The highest BCUT2D eigenvalue weighted by Crippen LogP contribution is 2.44. The number of nitrogens with zero attached hydrogens (tertiary/aromatic N) is 1. The number of rotatable bonds is 15. The maximum Gasteiger partial charge on any atom is 0.417 e. The molecule has 214 valence electrons. The fraction of sp³-hybridized carbons (Fsp3) is 0.656. The zero-order chi connectivity index (χ0) is 28.5. The molecule has 0 bridgehead atoms. The van der Waals surface area contributed by atoms with Crippen LogP contribution in [-0.2, 0) is 15.6 Å². The van der Waals surface area contributed by atoms with Crippen molar-refractivity contribution in [2.24, 2.45) is 0 Å². The molecule has 2 rings (SSSR count). The molecule has 0 aliphatic carbocycles. The van der Waals surface area contributed by atoms with E-state index in [2.05, 4.69) is 105 Å². The Labute approximate surface area is 236 Å². The minimum absolute atomic E-state index is 0.0542. The van der Waals surface area contributed by atoms with E-state index in [1.54, 1.807) is 0 Å². The van der Waals surface area contributed by atoms with Gasteiger partial charge in [-0.15, -0.1) is 0 Å². The number of carbonyl (C=O) groups is 1. The summed E-state index contributed by atoms with van der Waals surface area (Å²) in [4.78, 5) is 15.0. The number of carbonyl (C=O) groups excluding carboxylic acids is 1. The number of ether oxygens (including phenoxy) is 1. The summed E-state index contributed by atoms with van der Waals surface area (Å²) in [7, 11) is -3.30. The zero-order valence-electron chi connectivity index (χ0n) is 26.0. The first-order valence-electron chi connectivity index (χ1n) is 14.8. The molecule has 1 aliphatic rings. The van der Waals surface area contributed by atoms with E-state index >= 15 is 0 Å². The van der Waals surface area contributed by atoms with Crippen LogP contribution in [0.5, 0.6) is 0 Å². The van der Waals surface area contributed by atoms with Gasteiger partial charge in [-0.2, -0.15) is 0 Å². The van der Waals surface area contributed by atoms with Crippen molar-refractivity contribution in [2.45, 2.75) is 129 Å². The zero-order valence-corrected chi connectivity index (χ0v) is 28.0. The maximum atomic E-state index is 13.1. The van der Waals surface area contributed by atoms with Gasteiger partial charge >= 0.3 is 6.09 Å². The SMILES string of the molecule is C/C(=C\CCCC/C=C(\O[Si](C(C)C)(C(C)C)C(C)C)N1C(=O)OC[C@@H]1Cc1ccccc1)C[Si](C)(C)C. The van der Waals surface area contributed by atoms with E-state index < -0.39 is 16.4 Å². The second-order valence-electron chi connectivity index (χ2n) is 13.3. The van der Waals surface area contributed by atoms with Crippen LogP contribution in [0.3, 0.4) is 0 Å². The lowest BCUT2D eigenvalue weighted by molar-refractivity contribution is 0.149. The van der Waals surface area contributed by atoms with E-state index in [0.29, 0.717) is 23.2 Å². The largest absolute Gasteiger partial charge is 0.531 e. The van der Waals surface area contributed by atoms with Gasteiger partial charge in [0.25, 0.3) is 8.32 Å². The number of amides is 1. The van der Waals surface area contributed by atoms with Gasteiger partial charge in [0.2, 0.25) is 0 Å². The molecule has 1 saturated heterocycles. The predicted octanol–water partition coefficient (Wildman–Crippen LogP) is 9.93. The van der Waals surface area contributed by atoms with Crippen molar-refractivity contribution in [2.75, 3.05) is 6.61 Å². The monoisotopic (exact) mass is 557 g/mol. The van der Waals surface area contributed by atoms with Gasteiger partial charge in [-0.25, -0.2) is 9.69 Å². The van der Waals surface area contributed by atoms with E-state index in [0.717, 1.165) is 38.0 Å². The number of cyclic esters (lactones) is 1. The topological polar surface area (TPSA) is 38.8 Å². The van der Waals surface area contributed by atoms with Gasteiger partial charge in [-0.3, -0.25) is 0 Å². The van der Waals surface area contributed by atoms with Crippen LogP contribution >= 0.6 is 0 Å². The molecular weight excluding hydrogens is 503 g/mol. The van der Waals surface area contributed by atoms with Crippen LogP contribution in [-0.4, -0.2) is 40.0 Å². The number of hydrogen-bond donors (Lipinski definition) is 0. The first-order valence-corrected chi connectivity index (χ1v) is 20.7. The predicted molar refractivity (Wildman–Crippen MR) is 168 cm³/mol. The first kappa shape index (κ1) is 32.4. The fourth-order valence-corrected chi connectivity index (χ4v) is 13.3. The highest BCUT2D eigenvalue weighted by molar-refractivity contribution is 6.78. The molecule has 0 radical (unpaired) electrons. The third kappa shape index (κ3) is 9.15. The van der Waals surface area contributed by atoms with Crippen molar-refractivity contribution in [1.29, 1.82) is 0 Å². The van der Waals surface area contributed by atoms with Crippen molar-refractivity contribution < 1.29 is 14.0 Å². The molecule has 0 spiro atoms. The smallest absolute Gasteiger partial charge is 0.417 e. The van der Waals surface area contributed by atoms with Gasteiger partial charge in [0.1, 0.15) is 6.61 Å². The second-order valence-corrected chi connectivity index (χ2v) is 24.2. The second kappa shape index (κ2) is 14.5. The summed E-state index contributed by atoms with van der Waals surface area (Å²) >= 11 is 0. The van der Waals surface area contributed by atoms with Crippen LogP contribution in [0.2, 0.25) is 42.3 Å². The molecule has 1 fully saturated rings. The van der Waals surface area contributed by atoms with Gasteiger partial charge in [-0.05, 0) is 73.3 Å². The van der Waals surface area contributed by atoms with Crippen molar-refractivity contribution >= 4 is 22.5 Å². The summed E-state index contributed by atoms with van der Waals surface area (Å²) in [5.74, 6) is 0.738. The lowest BCUT2D eigenvalue weighted by Gasteiger charge is -2.44. The number of hydrogen-bond acceptors (Lipinski definition) is 3. The summed E-state index contributed by atoms with van der Waals surface area (Å²) in [5, 5.41) is 0. The number of unbranched alkanes of at least 4 members (excludes halogenated alkanes) is 3. The average molecular weight is 558 g/mol. The summed E-state index contributed by atoms with van der Waals surface area (Å²) in [5.41, 5.74) is 4.03. The molecule has 0 saturated carbocycles. The van der Waals surface area contributed by atoms with Gasteiger partial charge in [-0.1, -0.05) is 103 Å². The van der Waals surface area contributed by atoms with Gasteiger partial charge in [0, 0.05) is 8.07 Å². The van der Waals surface area contributed by atoms with E-state index in [4.69, 9.17) is 9.16 Å². The highest BCUT2D eigenvalue weighted by Gasteiger charge is 2.49. The Kier molecular flexibility index (Phi) is 12.4. The van der Waals surface area contributed by atoms with E-state index in [1.807, 2.05) is 11.0 Å². The lowest BCUT2D eigenvalue weighted by atomic mass is 10.1. The quantitative estimate of drug-likeness (QED) is 0.0932. The van der Waals surface area contributed by atoms with Crippen LogP contribution in [0.15, 0.2) is 53.9 Å².